The number of anilines is 2. The maximum atomic E-state index is 13.9. The molecular weight excluding hydrogens is 518 g/mol. The van der Waals surface area contributed by atoms with Gasteiger partial charge in [0.1, 0.15) is 0 Å². The number of thiazole rings is 1. The van der Waals surface area contributed by atoms with Gasteiger partial charge < -0.3 is 15.4 Å². The highest BCUT2D eigenvalue weighted by Crippen LogP contribution is 2.38. The average Bonchev–Trinajstić information content (AvgIpc) is 3.12. The van der Waals surface area contributed by atoms with Crippen molar-refractivity contribution in [3.05, 3.63) is 53.4 Å². The summed E-state index contributed by atoms with van der Waals surface area (Å²) in [6.45, 7) is 7.56. The molecule has 0 saturated carbocycles. The highest BCUT2D eigenvalue weighted by molar-refractivity contribution is 8.19. The Morgan fingerprint density at radius 3 is 2.42 bits per heavy atom. The van der Waals surface area contributed by atoms with E-state index in [9.17, 15) is 13.8 Å². The Kier molecular flexibility index (Phi) is 7.92. The maximum Gasteiger partial charge on any atom is 0.245 e. The van der Waals surface area contributed by atoms with E-state index in [1.807, 2.05) is 45.9 Å². The minimum absolute atomic E-state index is 0.137. The van der Waals surface area contributed by atoms with Gasteiger partial charge in [-0.25, -0.2) is 9.97 Å². The third-order valence-electron chi connectivity index (χ3n) is 5.12. The van der Waals surface area contributed by atoms with E-state index in [4.69, 9.17) is 11.6 Å². The minimum atomic E-state index is -3.47. The number of halogens is 1. The Hall–Kier alpha value is -2.82. The van der Waals surface area contributed by atoms with Crippen LogP contribution in [0, 0.1) is 12.3 Å². The molecule has 2 aromatic heterocycles. The number of carbonyl (C=O) groups excluding carboxylic acids is 2. The van der Waals surface area contributed by atoms with Gasteiger partial charge in [-0.3, -0.25) is 13.8 Å². The average molecular weight is 550 g/mol. The van der Waals surface area contributed by atoms with Crippen LogP contribution in [0.1, 0.15) is 32.9 Å². The van der Waals surface area contributed by atoms with Crippen molar-refractivity contribution in [2.24, 2.45) is 5.41 Å². The second kappa shape index (κ2) is 10.3. The van der Waals surface area contributed by atoms with Crippen LogP contribution in [0.15, 0.2) is 47.5 Å². The summed E-state index contributed by atoms with van der Waals surface area (Å²) in [5.74, 6) is -0.546. The van der Waals surface area contributed by atoms with E-state index in [1.54, 1.807) is 36.9 Å². The van der Waals surface area contributed by atoms with Gasteiger partial charge in [0.2, 0.25) is 11.8 Å². The Bertz CT molecular complexity index is 1340. The molecule has 36 heavy (non-hydrogen) atoms. The Morgan fingerprint density at radius 1 is 1.11 bits per heavy atom. The van der Waals surface area contributed by atoms with E-state index in [0.717, 1.165) is 4.88 Å². The summed E-state index contributed by atoms with van der Waals surface area (Å²) in [7, 11) is -3.47. The van der Waals surface area contributed by atoms with Gasteiger partial charge in [0, 0.05) is 35.6 Å². The van der Waals surface area contributed by atoms with Crippen molar-refractivity contribution in [2.75, 3.05) is 29.1 Å². The van der Waals surface area contributed by atoms with Crippen molar-refractivity contribution in [3.8, 4) is 10.4 Å². The predicted octanol–water partition coefficient (Wildman–Crippen LogP) is 5.12. The van der Waals surface area contributed by atoms with Crippen LogP contribution in [-0.2, 0) is 18.8 Å². The smallest absolute Gasteiger partial charge is 0.245 e. The second-order valence-electron chi connectivity index (χ2n) is 10.3. The number of pyridine rings is 1. The van der Waals surface area contributed by atoms with Gasteiger partial charge in [-0.15, -0.1) is 0 Å². The second-order valence-corrected chi connectivity index (χ2v) is 16.0. The Balaban J connectivity index is 1.76. The fraction of sp³-hybridized carbons (Fsp3) is 0.360. The van der Waals surface area contributed by atoms with Crippen molar-refractivity contribution >= 4 is 54.8 Å². The monoisotopic (exact) mass is 549 g/mol. The molecule has 8 nitrogen and oxygen atoms in total. The quantitative estimate of drug-likeness (QED) is 0.337. The van der Waals surface area contributed by atoms with Gasteiger partial charge in [0.15, 0.2) is 10.3 Å². The number of amides is 2. The van der Waals surface area contributed by atoms with Gasteiger partial charge in [-0.2, -0.15) is 0 Å². The van der Waals surface area contributed by atoms with Gasteiger partial charge >= 0.3 is 0 Å². The lowest BCUT2D eigenvalue weighted by Gasteiger charge is -2.36. The zero-order valence-electron chi connectivity index (χ0n) is 21.3. The molecule has 11 heteroatoms. The topological polar surface area (TPSA) is 113 Å². The normalized spacial score (nSPS) is 12.9. The number of aryl methyl sites for hydroxylation is 1. The van der Waals surface area contributed by atoms with Gasteiger partial charge in [-0.05, 0) is 39.8 Å². The number of nitrogens with one attached hydrogen (secondary N) is 3. The lowest BCUT2D eigenvalue weighted by atomic mass is 9.92. The number of nitrogens with zero attached hydrogens (tertiary/aromatic N) is 2. The number of aromatic nitrogens is 2. The van der Waals surface area contributed by atoms with Crippen molar-refractivity contribution in [1.82, 2.24) is 15.3 Å². The first-order valence-corrected chi connectivity index (χ1v) is 15.2. The number of rotatable bonds is 8. The molecule has 3 rings (SSSR count). The first kappa shape index (κ1) is 27.8. The number of hydrogen-bond donors (Lipinski definition) is 3. The van der Waals surface area contributed by atoms with E-state index in [-0.39, 0.29) is 28.9 Å². The third kappa shape index (κ3) is 7.35. The van der Waals surface area contributed by atoms with E-state index >= 15 is 0 Å². The Morgan fingerprint density at radius 2 is 1.78 bits per heavy atom. The zero-order chi connectivity index (χ0) is 26.7. The fourth-order valence-corrected chi connectivity index (χ4v) is 6.47. The van der Waals surface area contributed by atoms with Crippen LogP contribution in [0.5, 0.6) is 0 Å². The molecule has 3 N–H and O–H groups in total. The lowest BCUT2D eigenvalue weighted by Crippen LogP contribution is -2.38. The van der Waals surface area contributed by atoms with Gasteiger partial charge in [-0.1, -0.05) is 61.9 Å². The molecule has 1 aromatic carbocycles. The highest BCUT2D eigenvalue weighted by atomic mass is 35.5. The molecule has 0 aliphatic rings. The molecule has 3 aromatic rings. The molecule has 194 valence electrons. The molecule has 0 saturated heterocycles. The van der Waals surface area contributed by atoms with Gasteiger partial charge in [0.25, 0.3) is 0 Å². The summed E-state index contributed by atoms with van der Waals surface area (Å²) >= 11 is 7.63. The standard InChI is InChI=1S/C25H32ClN5O3S2/c1-16-22(35-24(29-16)30-21(33)15-27-20(32)13-25(2,3)4)17-12-19(23(26)28-14-17)31-36(5,6,34)18-10-8-7-9-11-18/h7-12,14H,13,15H2,1-6H3,(H,27,32)(H,31,34)(H,29,30,33). The van der Waals surface area contributed by atoms with E-state index in [0.29, 0.717) is 33.4 Å². The summed E-state index contributed by atoms with van der Waals surface area (Å²) < 4.78 is 17.0. The summed E-state index contributed by atoms with van der Waals surface area (Å²) in [4.78, 5) is 34.5. The number of benzene rings is 1. The van der Waals surface area contributed by atoms with Crippen LogP contribution >= 0.6 is 22.9 Å². The van der Waals surface area contributed by atoms with Crippen LogP contribution in [-0.4, -0.2) is 45.0 Å². The molecule has 0 aliphatic carbocycles. The van der Waals surface area contributed by atoms with E-state index < -0.39 is 9.25 Å². The molecule has 0 bridgehead atoms. The van der Waals surface area contributed by atoms with Gasteiger partial charge in [0.05, 0.1) is 22.8 Å². The van der Waals surface area contributed by atoms with Crippen molar-refractivity contribution < 1.29 is 13.8 Å². The highest BCUT2D eigenvalue weighted by Gasteiger charge is 2.28. The number of hydrogen-bond acceptors (Lipinski definition) is 6. The molecular formula is C25H32ClN5O3S2. The van der Waals surface area contributed by atoms with Crippen molar-refractivity contribution in [2.45, 2.75) is 39.0 Å². The number of carbonyl (C=O) groups is 2. The summed E-state index contributed by atoms with van der Waals surface area (Å²) in [6.07, 6.45) is 5.24. The third-order valence-corrected chi connectivity index (χ3v) is 9.00. The summed E-state index contributed by atoms with van der Waals surface area (Å²) in [5, 5.41) is 5.96. The molecule has 0 spiro atoms. The van der Waals surface area contributed by atoms with Crippen LogP contribution < -0.4 is 15.4 Å². The molecule has 2 heterocycles. The van der Waals surface area contributed by atoms with Crippen LogP contribution in [0.3, 0.4) is 0 Å². The Labute approximate surface area is 220 Å². The van der Waals surface area contributed by atoms with Crippen molar-refractivity contribution in [1.29, 1.82) is 0 Å². The SMILES string of the molecule is Cc1nc(NC(=O)CNC(=O)CC(C)(C)C)sc1-c1cnc(Cl)c(NS(C)(C)(=O)c2ccccc2)c1. The fourth-order valence-electron chi connectivity index (χ4n) is 3.44. The first-order chi connectivity index (χ1) is 16.6. The molecule has 2 amide bonds. The van der Waals surface area contributed by atoms with E-state index in [1.165, 1.54) is 11.3 Å². The largest absolute Gasteiger partial charge is 0.347 e. The minimum Gasteiger partial charge on any atom is -0.347 e. The van der Waals surface area contributed by atoms with Crippen molar-refractivity contribution in [3.63, 3.8) is 0 Å². The molecule has 0 fully saturated rings. The predicted molar refractivity (Wildman–Crippen MR) is 149 cm³/mol. The molecule has 0 atom stereocenters. The first-order valence-electron chi connectivity index (χ1n) is 11.3. The van der Waals surface area contributed by atoms with Crippen LogP contribution in [0.2, 0.25) is 5.15 Å². The maximum absolute atomic E-state index is 13.9. The summed E-state index contributed by atoms with van der Waals surface area (Å²) in [5.41, 5.74) is 1.68. The zero-order valence-corrected chi connectivity index (χ0v) is 23.7. The van der Waals surface area contributed by atoms with E-state index in [2.05, 4.69) is 25.3 Å². The van der Waals surface area contributed by atoms with Crippen LogP contribution in [0.4, 0.5) is 10.8 Å². The molecule has 0 aliphatic heterocycles. The summed E-state index contributed by atoms with van der Waals surface area (Å²) in [6, 6.07) is 10.9. The molecule has 0 unspecified atom stereocenters. The lowest BCUT2D eigenvalue weighted by molar-refractivity contribution is -0.125. The molecule has 0 radical (unpaired) electrons. The van der Waals surface area contributed by atoms with Crippen LogP contribution in [0.25, 0.3) is 10.4 Å².